The molecule has 1 N–H and O–H groups in total. The largest absolute Gasteiger partial charge is 0.352 e. The van der Waals surface area contributed by atoms with Crippen molar-refractivity contribution in [1.29, 1.82) is 0 Å². The second-order valence-corrected chi connectivity index (χ2v) is 5.94. The molecule has 1 aromatic heterocycles. The van der Waals surface area contributed by atoms with E-state index in [9.17, 15) is 9.59 Å². The molecule has 0 saturated carbocycles. The van der Waals surface area contributed by atoms with Gasteiger partial charge in [0, 0.05) is 49.6 Å². The van der Waals surface area contributed by atoms with E-state index in [-0.39, 0.29) is 17.9 Å². The zero-order valence-corrected chi connectivity index (χ0v) is 13.6. The molecule has 1 aliphatic heterocycles. The lowest BCUT2D eigenvalue weighted by molar-refractivity contribution is -0.120. The van der Waals surface area contributed by atoms with Crippen LogP contribution in [0.2, 0.25) is 0 Å². The van der Waals surface area contributed by atoms with Crippen LogP contribution in [0.5, 0.6) is 0 Å². The number of rotatable bonds is 3. The summed E-state index contributed by atoms with van der Waals surface area (Å²) in [5.74, 6) is 0.576. The Hall–Kier alpha value is -2.76. The number of hydrogen-bond donors (Lipinski definition) is 1. The molecule has 0 aliphatic carbocycles. The van der Waals surface area contributed by atoms with Crippen LogP contribution in [-0.2, 0) is 4.79 Å². The van der Waals surface area contributed by atoms with Crippen LogP contribution in [0, 0.1) is 0 Å². The van der Waals surface area contributed by atoms with Crippen LogP contribution in [0.25, 0.3) is 11.4 Å². The third-order valence-electron chi connectivity index (χ3n) is 4.07. The van der Waals surface area contributed by atoms with Gasteiger partial charge >= 0.3 is 0 Å². The summed E-state index contributed by atoms with van der Waals surface area (Å²) in [7, 11) is 0. The summed E-state index contributed by atoms with van der Waals surface area (Å²) >= 11 is 0. The molecular formula is C18H20N4O2. The minimum atomic E-state index is -0.0542. The van der Waals surface area contributed by atoms with E-state index in [0.717, 1.165) is 24.9 Å². The molecule has 24 heavy (non-hydrogen) atoms. The highest BCUT2D eigenvalue weighted by molar-refractivity contribution is 5.94. The van der Waals surface area contributed by atoms with Crippen molar-refractivity contribution in [3.05, 3.63) is 48.3 Å². The number of nitrogens with one attached hydrogen (secondary N) is 1. The highest BCUT2D eigenvalue weighted by Crippen LogP contribution is 2.18. The number of nitrogens with zero attached hydrogens (tertiary/aromatic N) is 3. The van der Waals surface area contributed by atoms with Crippen molar-refractivity contribution in [3.63, 3.8) is 0 Å². The van der Waals surface area contributed by atoms with Crippen LogP contribution in [0.3, 0.4) is 0 Å². The van der Waals surface area contributed by atoms with Gasteiger partial charge in [-0.05, 0) is 31.0 Å². The highest BCUT2D eigenvalue weighted by atomic mass is 16.2. The predicted octanol–water partition coefficient (Wildman–Crippen LogP) is 1.88. The molecule has 1 fully saturated rings. The SMILES string of the molecule is CC(=O)N[C@H]1CCCN(C(=O)c2ccc(-c3ncccn3)cc2)C1. The van der Waals surface area contributed by atoms with Crippen LogP contribution in [0.1, 0.15) is 30.1 Å². The number of likely N-dealkylation sites (tertiary alicyclic amines) is 1. The number of piperidine rings is 1. The monoisotopic (exact) mass is 324 g/mol. The van der Waals surface area contributed by atoms with Gasteiger partial charge in [0.15, 0.2) is 5.82 Å². The Morgan fingerprint density at radius 2 is 1.88 bits per heavy atom. The lowest BCUT2D eigenvalue weighted by Gasteiger charge is -2.33. The van der Waals surface area contributed by atoms with Gasteiger partial charge in [-0.15, -0.1) is 0 Å². The van der Waals surface area contributed by atoms with Crippen LogP contribution >= 0.6 is 0 Å². The molecule has 3 rings (SSSR count). The van der Waals surface area contributed by atoms with E-state index in [1.807, 2.05) is 12.1 Å². The third kappa shape index (κ3) is 3.76. The van der Waals surface area contributed by atoms with Crippen molar-refractivity contribution in [2.75, 3.05) is 13.1 Å². The Morgan fingerprint density at radius 1 is 1.17 bits per heavy atom. The molecule has 0 bridgehead atoms. The molecule has 0 spiro atoms. The lowest BCUT2D eigenvalue weighted by atomic mass is 10.0. The van der Waals surface area contributed by atoms with Gasteiger partial charge in [0.25, 0.3) is 5.91 Å². The molecule has 1 aromatic carbocycles. The highest BCUT2D eigenvalue weighted by Gasteiger charge is 2.24. The Balaban J connectivity index is 1.70. The molecule has 2 heterocycles. The van der Waals surface area contributed by atoms with Crippen molar-refractivity contribution in [1.82, 2.24) is 20.2 Å². The molecule has 2 amide bonds. The summed E-state index contributed by atoms with van der Waals surface area (Å²) in [5.41, 5.74) is 1.51. The molecule has 1 atom stereocenters. The second-order valence-electron chi connectivity index (χ2n) is 5.94. The van der Waals surface area contributed by atoms with Crippen LogP contribution in [-0.4, -0.2) is 45.8 Å². The number of aromatic nitrogens is 2. The molecule has 1 aliphatic rings. The van der Waals surface area contributed by atoms with Gasteiger partial charge in [0.05, 0.1) is 0 Å². The molecule has 124 valence electrons. The quantitative estimate of drug-likeness (QED) is 0.935. The molecule has 2 aromatic rings. The molecule has 6 nitrogen and oxygen atoms in total. The maximum absolute atomic E-state index is 12.7. The van der Waals surface area contributed by atoms with Crippen molar-refractivity contribution in [2.45, 2.75) is 25.8 Å². The summed E-state index contributed by atoms with van der Waals surface area (Å²) in [6, 6.07) is 9.13. The van der Waals surface area contributed by atoms with Crippen molar-refractivity contribution in [3.8, 4) is 11.4 Å². The molecule has 1 saturated heterocycles. The Bertz CT molecular complexity index is 716. The number of carbonyl (C=O) groups excluding carboxylic acids is 2. The Kier molecular flexibility index (Phi) is 4.84. The van der Waals surface area contributed by atoms with Crippen molar-refractivity contribution >= 4 is 11.8 Å². The molecule has 0 unspecified atom stereocenters. The zero-order chi connectivity index (χ0) is 16.9. The van der Waals surface area contributed by atoms with Gasteiger partial charge in [0.1, 0.15) is 0 Å². The average molecular weight is 324 g/mol. The Labute approximate surface area is 140 Å². The summed E-state index contributed by atoms with van der Waals surface area (Å²) in [6.45, 7) is 2.78. The van der Waals surface area contributed by atoms with Gasteiger partial charge in [-0.3, -0.25) is 9.59 Å². The minimum absolute atomic E-state index is 0.00872. The number of benzene rings is 1. The fraction of sp³-hybridized carbons (Fsp3) is 0.333. The van der Waals surface area contributed by atoms with E-state index >= 15 is 0 Å². The van der Waals surface area contributed by atoms with E-state index in [2.05, 4.69) is 15.3 Å². The van der Waals surface area contributed by atoms with E-state index in [1.54, 1.807) is 35.5 Å². The van der Waals surface area contributed by atoms with Crippen LogP contribution in [0.4, 0.5) is 0 Å². The standard InChI is InChI=1S/C18H20N4O2/c1-13(23)21-16-4-2-11-22(12-16)18(24)15-7-5-14(6-8-15)17-19-9-3-10-20-17/h3,5-10,16H,2,4,11-12H2,1H3,(H,21,23)/t16-/m0/s1. The zero-order valence-electron chi connectivity index (χ0n) is 13.6. The molecule has 6 heteroatoms. The minimum Gasteiger partial charge on any atom is -0.352 e. The van der Waals surface area contributed by atoms with E-state index in [1.165, 1.54) is 6.92 Å². The van der Waals surface area contributed by atoms with Crippen LogP contribution in [0.15, 0.2) is 42.7 Å². The first kappa shape index (κ1) is 16.1. The molecule has 0 radical (unpaired) electrons. The third-order valence-corrected chi connectivity index (χ3v) is 4.07. The van der Waals surface area contributed by atoms with Crippen LogP contribution < -0.4 is 5.32 Å². The van der Waals surface area contributed by atoms with Gasteiger partial charge < -0.3 is 10.2 Å². The first-order valence-corrected chi connectivity index (χ1v) is 8.07. The van der Waals surface area contributed by atoms with Gasteiger partial charge in [0.2, 0.25) is 5.91 Å². The summed E-state index contributed by atoms with van der Waals surface area (Å²) < 4.78 is 0. The van der Waals surface area contributed by atoms with Gasteiger partial charge in [-0.1, -0.05) is 12.1 Å². The lowest BCUT2D eigenvalue weighted by Crippen LogP contribution is -2.49. The van der Waals surface area contributed by atoms with E-state index in [0.29, 0.717) is 17.9 Å². The van der Waals surface area contributed by atoms with Crippen molar-refractivity contribution < 1.29 is 9.59 Å². The molecular weight excluding hydrogens is 304 g/mol. The summed E-state index contributed by atoms with van der Waals surface area (Å²) in [4.78, 5) is 34.1. The van der Waals surface area contributed by atoms with Gasteiger partial charge in [-0.2, -0.15) is 0 Å². The number of hydrogen-bond acceptors (Lipinski definition) is 4. The van der Waals surface area contributed by atoms with E-state index < -0.39 is 0 Å². The van der Waals surface area contributed by atoms with Crippen molar-refractivity contribution in [2.24, 2.45) is 0 Å². The van der Waals surface area contributed by atoms with E-state index in [4.69, 9.17) is 0 Å². The summed E-state index contributed by atoms with van der Waals surface area (Å²) in [5, 5.41) is 2.90. The first-order valence-electron chi connectivity index (χ1n) is 8.07. The Morgan fingerprint density at radius 3 is 2.54 bits per heavy atom. The fourth-order valence-corrected chi connectivity index (χ4v) is 2.96. The number of carbonyl (C=O) groups is 2. The summed E-state index contributed by atoms with van der Waals surface area (Å²) in [6.07, 6.45) is 5.19. The first-order chi connectivity index (χ1) is 11.6. The smallest absolute Gasteiger partial charge is 0.253 e. The van der Waals surface area contributed by atoms with Gasteiger partial charge in [-0.25, -0.2) is 9.97 Å². The second kappa shape index (κ2) is 7.21. The fourth-order valence-electron chi connectivity index (χ4n) is 2.96. The maximum atomic E-state index is 12.7. The maximum Gasteiger partial charge on any atom is 0.253 e. The predicted molar refractivity (Wildman–Crippen MR) is 90.2 cm³/mol. The topological polar surface area (TPSA) is 75.2 Å². The normalized spacial score (nSPS) is 17.4. The average Bonchev–Trinajstić information content (AvgIpc) is 2.62. The number of amides is 2.